The first-order valence-electron chi connectivity index (χ1n) is 6.98. The number of hydrogen-bond donors (Lipinski definition) is 0. The fourth-order valence-corrected chi connectivity index (χ4v) is 1.94. The van der Waals surface area contributed by atoms with Crippen molar-refractivity contribution in [3.8, 4) is 0 Å². The van der Waals surface area contributed by atoms with Crippen molar-refractivity contribution in [1.82, 2.24) is 4.90 Å². The Hall–Kier alpha value is -1.79. The summed E-state index contributed by atoms with van der Waals surface area (Å²) in [4.78, 5) is 37.2. The molecule has 0 aliphatic carbocycles. The highest BCUT2D eigenvalue weighted by molar-refractivity contribution is 6.03. The molecule has 1 aliphatic rings. The average Bonchev–Trinajstić information content (AvgIpc) is 2.25. The molecule has 7 nitrogen and oxygen atoms in total. The van der Waals surface area contributed by atoms with Gasteiger partial charge in [0.2, 0.25) is 0 Å². The van der Waals surface area contributed by atoms with E-state index in [-0.39, 0.29) is 26.3 Å². The maximum Gasteiger partial charge on any atom is 0.410 e. The molecule has 1 saturated heterocycles. The molecule has 21 heavy (non-hydrogen) atoms. The Morgan fingerprint density at radius 2 is 1.43 bits per heavy atom. The first-order valence-corrected chi connectivity index (χ1v) is 6.98. The quantitative estimate of drug-likeness (QED) is 0.443. The SMILES string of the molecule is CCOC(=O)C1(C(=O)OCC)CN(C(=O)OC(C)(C)C)C1. The zero-order valence-corrected chi connectivity index (χ0v) is 13.2. The molecule has 0 aromatic carbocycles. The second-order valence-corrected chi connectivity index (χ2v) is 5.86. The van der Waals surface area contributed by atoms with Crippen molar-refractivity contribution in [3.63, 3.8) is 0 Å². The van der Waals surface area contributed by atoms with E-state index in [2.05, 4.69) is 0 Å². The number of likely N-dealkylation sites (tertiary alicyclic amines) is 1. The van der Waals surface area contributed by atoms with Gasteiger partial charge in [0.1, 0.15) is 5.60 Å². The minimum Gasteiger partial charge on any atom is -0.465 e. The van der Waals surface area contributed by atoms with Crippen LogP contribution in [0.1, 0.15) is 34.6 Å². The van der Waals surface area contributed by atoms with Gasteiger partial charge >= 0.3 is 18.0 Å². The molecule has 1 fully saturated rings. The Morgan fingerprint density at radius 1 is 1.00 bits per heavy atom. The van der Waals surface area contributed by atoms with Crippen molar-refractivity contribution >= 4 is 18.0 Å². The van der Waals surface area contributed by atoms with Crippen LogP contribution in [-0.4, -0.2) is 54.8 Å². The first-order chi connectivity index (χ1) is 9.66. The van der Waals surface area contributed by atoms with E-state index in [0.717, 1.165) is 0 Å². The molecule has 0 spiro atoms. The Bertz CT molecular complexity index is 400. The van der Waals surface area contributed by atoms with Gasteiger partial charge in [0, 0.05) is 0 Å². The van der Waals surface area contributed by atoms with Gasteiger partial charge in [0.05, 0.1) is 26.3 Å². The van der Waals surface area contributed by atoms with E-state index < -0.39 is 29.0 Å². The van der Waals surface area contributed by atoms with Crippen LogP contribution in [0.2, 0.25) is 0 Å². The molecule has 120 valence electrons. The van der Waals surface area contributed by atoms with Gasteiger partial charge in [-0.2, -0.15) is 0 Å². The Kier molecular flexibility index (Phi) is 5.20. The van der Waals surface area contributed by atoms with Crippen molar-refractivity contribution in [2.75, 3.05) is 26.3 Å². The number of ether oxygens (including phenoxy) is 3. The summed E-state index contributed by atoms with van der Waals surface area (Å²) in [6.45, 7) is 8.69. The molecule has 0 atom stereocenters. The third kappa shape index (κ3) is 3.86. The third-order valence-corrected chi connectivity index (χ3v) is 2.91. The molecule has 0 unspecified atom stereocenters. The van der Waals surface area contributed by atoms with E-state index in [1.54, 1.807) is 34.6 Å². The molecule has 1 aliphatic heterocycles. The summed E-state index contributed by atoms with van der Waals surface area (Å²) in [6, 6.07) is 0. The van der Waals surface area contributed by atoms with E-state index in [4.69, 9.17) is 14.2 Å². The van der Waals surface area contributed by atoms with Crippen LogP contribution in [0.25, 0.3) is 0 Å². The monoisotopic (exact) mass is 301 g/mol. The number of rotatable bonds is 4. The van der Waals surface area contributed by atoms with Crippen molar-refractivity contribution in [2.45, 2.75) is 40.2 Å². The Labute approximate surface area is 124 Å². The third-order valence-electron chi connectivity index (χ3n) is 2.91. The van der Waals surface area contributed by atoms with Crippen LogP contribution in [0.4, 0.5) is 4.79 Å². The van der Waals surface area contributed by atoms with Crippen LogP contribution in [0.5, 0.6) is 0 Å². The maximum atomic E-state index is 12.0. The van der Waals surface area contributed by atoms with Gasteiger partial charge in [-0.1, -0.05) is 0 Å². The normalized spacial score (nSPS) is 16.7. The lowest BCUT2D eigenvalue weighted by Crippen LogP contribution is -2.67. The predicted octanol–water partition coefficient (Wildman–Crippen LogP) is 1.35. The van der Waals surface area contributed by atoms with Gasteiger partial charge < -0.3 is 19.1 Å². The Balaban J connectivity index is 2.76. The molecule has 1 heterocycles. The fourth-order valence-electron chi connectivity index (χ4n) is 1.94. The van der Waals surface area contributed by atoms with E-state index in [9.17, 15) is 14.4 Å². The molecule has 0 N–H and O–H groups in total. The number of hydrogen-bond acceptors (Lipinski definition) is 6. The van der Waals surface area contributed by atoms with Crippen molar-refractivity contribution < 1.29 is 28.6 Å². The molecular weight excluding hydrogens is 278 g/mol. The minimum atomic E-state index is -1.43. The van der Waals surface area contributed by atoms with E-state index >= 15 is 0 Å². The van der Waals surface area contributed by atoms with Gasteiger partial charge in [-0.25, -0.2) is 4.79 Å². The van der Waals surface area contributed by atoms with Crippen LogP contribution in [-0.2, 0) is 23.8 Å². The number of amides is 1. The zero-order valence-electron chi connectivity index (χ0n) is 13.2. The lowest BCUT2D eigenvalue weighted by molar-refractivity contribution is -0.183. The summed E-state index contributed by atoms with van der Waals surface area (Å²) < 4.78 is 15.1. The van der Waals surface area contributed by atoms with Crippen LogP contribution in [0.3, 0.4) is 0 Å². The lowest BCUT2D eigenvalue weighted by atomic mass is 9.80. The van der Waals surface area contributed by atoms with E-state index in [1.165, 1.54) is 4.90 Å². The van der Waals surface area contributed by atoms with Crippen LogP contribution in [0.15, 0.2) is 0 Å². The number of carbonyl (C=O) groups is 3. The van der Waals surface area contributed by atoms with Crippen molar-refractivity contribution in [1.29, 1.82) is 0 Å². The first kappa shape index (κ1) is 17.3. The highest BCUT2D eigenvalue weighted by Gasteiger charge is 2.60. The summed E-state index contributed by atoms with van der Waals surface area (Å²) in [5.74, 6) is -1.33. The van der Waals surface area contributed by atoms with Crippen LogP contribution < -0.4 is 0 Å². The largest absolute Gasteiger partial charge is 0.465 e. The molecule has 0 saturated carbocycles. The highest BCUT2D eigenvalue weighted by Crippen LogP contribution is 2.34. The van der Waals surface area contributed by atoms with E-state index in [0.29, 0.717) is 0 Å². The van der Waals surface area contributed by atoms with E-state index in [1.807, 2.05) is 0 Å². The summed E-state index contributed by atoms with van der Waals surface area (Å²) in [5.41, 5.74) is -2.06. The van der Waals surface area contributed by atoms with Gasteiger partial charge in [-0.15, -0.1) is 0 Å². The average molecular weight is 301 g/mol. The summed E-state index contributed by atoms with van der Waals surface area (Å²) in [6.07, 6.45) is -0.563. The standard InChI is InChI=1S/C14H23NO6/c1-6-19-10(16)14(11(17)20-7-2)8-15(9-14)12(18)21-13(3,4)5/h6-9H2,1-5H3. The summed E-state index contributed by atoms with van der Waals surface area (Å²) in [7, 11) is 0. The van der Waals surface area contributed by atoms with Crippen LogP contribution in [0, 0.1) is 5.41 Å². The molecule has 0 bridgehead atoms. The lowest BCUT2D eigenvalue weighted by Gasteiger charge is -2.45. The summed E-state index contributed by atoms with van der Waals surface area (Å²) >= 11 is 0. The van der Waals surface area contributed by atoms with Crippen molar-refractivity contribution in [3.05, 3.63) is 0 Å². The van der Waals surface area contributed by atoms with Crippen LogP contribution >= 0.6 is 0 Å². The predicted molar refractivity (Wildman–Crippen MR) is 73.5 cm³/mol. The fraction of sp³-hybridized carbons (Fsp3) is 0.786. The Morgan fingerprint density at radius 3 is 1.76 bits per heavy atom. The topological polar surface area (TPSA) is 82.1 Å². The van der Waals surface area contributed by atoms with Gasteiger partial charge in [0.15, 0.2) is 5.41 Å². The van der Waals surface area contributed by atoms with Gasteiger partial charge in [0.25, 0.3) is 0 Å². The van der Waals surface area contributed by atoms with Crippen molar-refractivity contribution in [2.24, 2.45) is 5.41 Å². The second-order valence-electron chi connectivity index (χ2n) is 5.86. The number of nitrogens with zero attached hydrogens (tertiary/aromatic N) is 1. The zero-order chi connectivity index (χ0) is 16.3. The minimum absolute atomic E-state index is 0.0837. The number of esters is 2. The molecule has 1 amide bonds. The smallest absolute Gasteiger partial charge is 0.410 e. The molecule has 1 rings (SSSR count). The maximum absolute atomic E-state index is 12.0. The molecule has 7 heteroatoms. The highest BCUT2D eigenvalue weighted by atomic mass is 16.6. The second kappa shape index (κ2) is 6.32. The number of carbonyl (C=O) groups excluding carboxylic acids is 3. The van der Waals surface area contributed by atoms with Gasteiger partial charge in [-0.3, -0.25) is 9.59 Å². The summed E-state index contributed by atoms with van der Waals surface area (Å²) in [5, 5.41) is 0. The van der Waals surface area contributed by atoms with Gasteiger partial charge in [-0.05, 0) is 34.6 Å². The molecule has 0 radical (unpaired) electrons. The molecule has 0 aromatic rings. The molecule has 0 aromatic heterocycles. The molecular formula is C14H23NO6.